The highest BCUT2D eigenvalue weighted by Crippen LogP contribution is 1.88. The van der Waals surface area contributed by atoms with E-state index in [9.17, 15) is 0 Å². The highest BCUT2D eigenvalue weighted by molar-refractivity contribution is 4.66. The molecule has 0 spiro atoms. The number of nitrogens with two attached hydrogens (primary N) is 1. The van der Waals surface area contributed by atoms with Crippen LogP contribution in [0.25, 0.3) is 0 Å². The van der Waals surface area contributed by atoms with Crippen LogP contribution in [0.4, 0.5) is 0 Å². The number of piperazine rings is 1. The van der Waals surface area contributed by atoms with Gasteiger partial charge in [-0.1, -0.05) is 0 Å². The fourth-order valence-electron chi connectivity index (χ4n) is 1.05. The molecule has 1 saturated heterocycles. The fraction of sp³-hybridized carbons (Fsp3) is 1.00. The van der Waals surface area contributed by atoms with Crippen molar-refractivity contribution in [2.75, 3.05) is 39.3 Å². The van der Waals surface area contributed by atoms with Crippen LogP contribution in [0.15, 0.2) is 0 Å². The van der Waals surface area contributed by atoms with Crippen LogP contribution in [-0.2, 0) is 0 Å². The maximum atomic E-state index is 7.27. The number of hydrogen-bond donors (Lipinski definition) is 2. The van der Waals surface area contributed by atoms with Crippen molar-refractivity contribution in [1.82, 2.24) is 10.2 Å². The molecule has 0 unspecified atom stereocenters. The third-order valence-electron chi connectivity index (χ3n) is 1.59. The predicted octanol–water partition coefficient (Wildman–Crippen LogP) is -1.15. The van der Waals surface area contributed by atoms with Crippen LogP contribution in [0.2, 0.25) is 1.41 Å². The van der Waals surface area contributed by atoms with Crippen LogP contribution in [0.5, 0.6) is 0 Å². The minimum Gasteiger partial charge on any atom is -0.329 e. The highest BCUT2D eigenvalue weighted by Gasteiger charge is 2.06. The van der Waals surface area contributed by atoms with Gasteiger partial charge in [-0.25, -0.2) is 0 Å². The fourth-order valence-corrected chi connectivity index (χ4v) is 1.05. The molecule has 1 fully saturated rings. The molecule has 0 bridgehead atoms. The zero-order chi connectivity index (χ0) is 7.40. The molecule has 3 heteroatoms. The molecule has 1 rings (SSSR count). The SMILES string of the molecule is [2H]N1CCN(CCN)CC1. The van der Waals surface area contributed by atoms with Gasteiger partial charge in [-0.05, 0) is 0 Å². The largest absolute Gasteiger partial charge is 0.329 e. The minimum atomic E-state index is 0.734. The van der Waals surface area contributed by atoms with Crippen molar-refractivity contribution in [2.45, 2.75) is 0 Å². The second kappa shape index (κ2) is 3.82. The normalized spacial score (nSPS) is 26.1. The monoisotopic (exact) mass is 130 g/mol. The molecule has 0 amide bonds. The van der Waals surface area contributed by atoms with E-state index >= 15 is 0 Å². The van der Waals surface area contributed by atoms with Gasteiger partial charge in [0.25, 0.3) is 0 Å². The first-order chi connectivity index (χ1) is 4.83. The first-order valence-electron chi connectivity index (χ1n) is 3.94. The van der Waals surface area contributed by atoms with Crippen LogP contribution in [0.3, 0.4) is 0 Å². The second-order valence-corrected chi connectivity index (χ2v) is 2.30. The molecule has 1 heterocycles. The summed E-state index contributed by atoms with van der Waals surface area (Å²) in [6.45, 7) is 5.44. The van der Waals surface area contributed by atoms with Gasteiger partial charge in [0.05, 0.1) is 0 Å². The van der Waals surface area contributed by atoms with Gasteiger partial charge >= 0.3 is 0 Å². The summed E-state index contributed by atoms with van der Waals surface area (Å²) in [5, 5.41) is 1.60. The predicted molar refractivity (Wildman–Crippen MR) is 38.4 cm³/mol. The smallest absolute Gasteiger partial charge is 0.122 e. The Bertz CT molecular complexity index is 91.0. The summed E-state index contributed by atoms with van der Waals surface area (Å²) in [5.74, 6) is 0. The molecule has 9 heavy (non-hydrogen) atoms. The Hall–Kier alpha value is -0.120. The molecule has 54 valence electrons. The molecule has 3 nitrogen and oxygen atoms in total. The number of nitrogens with zero attached hydrogens (tertiary/aromatic N) is 1. The maximum Gasteiger partial charge on any atom is 0.122 e. The van der Waals surface area contributed by atoms with Crippen molar-refractivity contribution in [3.63, 3.8) is 0 Å². The van der Waals surface area contributed by atoms with E-state index in [1.54, 1.807) is 5.31 Å². The molecule has 0 saturated carbocycles. The third kappa shape index (κ3) is 2.30. The molecular formula is C6H15N3. The Morgan fingerprint density at radius 1 is 1.56 bits per heavy atom. The van der Waals surface area contributed by atoms with Gasteiger partial charge in [0.15, 0.2) is 0 Å². The van der Waals surface area contributed by atoms with E-state index in [2.05, 4.69) is 4.90 Å². The summed E-state index contributed by atoms with van der Waals surface area (Å²) in [5.41, 5.74) is 5.39. The summed E-state index contributed by atoms with van der Waals surface area (Å²) in [4.78, 5) is 2.30. The summed E-state index contributed by atoms with van der Waals surface area (Å²) >= 11 is 0. The van der Waals surface area contributed by atoms with Gasteiger partial charge in [0.1, 0.15) is 1.41 Å². The molecular weight excluding hydrogens is 114 g/mol. The maximum absolute atomic E-state index is 7.27. The molecule has 0 atom stereocenters. The first kappa shape index (κ1) is 5.65. The Balaban J connectivity index is 2.13. The van der Waals surface area contributed by atoms with E-state index < -0.39 is 0 Å². The van der Waals surface area contributed by atoms with E-state index in [4.69, 9.17) is 7.15 Å². The van der Waals surface area contributed by atoms with Crippen molar-refractivity contribution in [1.29, 1.82) is 0 Å². The average Bonchev–Trinajstić information content (AvgIpc) is 1.95. The van der Waals surface area contributed by atoms with Crippen LogP contribution in [-0.4, -0.2) is 44.2 Å². The quantitative estimate of drug-likeness (QED) is 0.496. The van der Waals surface area contributed by atoms with Crippen molar-refractivity contribution < 1.29 is 1.41 Å². The van der Waals surface area contributed by atoms with Gasteiger partial charge in [0.2, 0.25) is 0 Å². The van der Waals surface area contributed by atoms with Crippen molar-refractivity contribution in [3.05, 3.63) is 0 Å². The molecule has 0 aromatic heterocycles. The van der Waals surface area contributed by atoms with Gasteiger partial charge in [-0.3, -0.25) is 4.90 Å². The van der Waals surface area contributed by atoms with E-state index in [1.165, 1.54) is 0 Å². The lowest BCUT2D eigenvalue weighted by molar-refractivity contribution is 0.247. The summed E-state index contributed by atoms with van der Waals surface area (Å²) in [7, 11) is 0. The topological polar surface area (TPSA) is 41.3 Å². The number of rotatable bonds is 2. The highest BCUT2D eigenvalue weighted by atomic mass is 15.2. The lowest BCUT2D eigenvalue weighted by Crippen LogP contribution is -2.45. The van der Waals surface area contributed by atoms with Gasteiger partial charge in [0, 0.05) is 39.3 Å². The van der Waals surface area contributed by atoms with Gasteiger partial charge in [-0.2, -0.15) is 0 Å². The lowest BCUT2D eigenvalue weighted by Gasteiger charge is -2.26. The number of nitrogens with one attached hydrogen (secondary N) is 1. The molecule has 0 aromatic rings. The van der Waals surface area contributed by atoms with E-state index in [-0.39, 0.29) is 0 Å². The molecule has 0 aliphatic carbocycles. The Morgan fingerprint density at radius 2 is 2.22 bits per heavy atom. The van der Waals surface area contributed by atoms with Crippen molar-refractivity contribution in [2.24, 2.45) is 5.73 Å². The first-order valence-corrected chi connectivity index (χ1v) is 3.49. The van der Waals surface area contributed by atoms with E-state index in [1.807, 2.05) is 0 Å². The molecule has 0 radical (unpaired) electrons. The Labute approximate surface area is 57.7 Å². The van der Waals surface area contributed by atoms with E-state index in [0.717, 1.165) is 39.3 Å². The molecule has 1 aliphatic heterocycles. The summed E-state index contributed by atoms with van der Waals surface area (Å²) in [6, 6.07) is 0. The lowest BCUT2D eigenvalue weighted by atomic mass is 10.3. The zero-order valence-electron chi connectivity index (χ0n) is 6.71. The van der Waals surface area contributed by atoms with Crippen LogP contribution >= 0.6 is 0 Å². The van der Waals surface area contributed by atoms with Crippen LogP contribution in [0.1, 0.15) is 0 Å². The number of hydrogen-bond acceptors (Lipinski definition) is 3. The van der Waals surface area contributed by atoms with Crippen molar-refractivity contribution >= 4 is 0 Å². The molecule has 3 N–H and O–H groups in total. The minimum absolute atomic E-state index is 0.734. The van der Waals surface area contributed by atoms with Crippen LogP contribution in [0, 0.1) is 0 Å². The van der Waals surface area contributed by atoms with Gasteiger partial charge < -0.3 is 11.0 Å². The van der Waals surface area contributed by atoms with Gasteiger partial charge in [-0.15, -0.1) is 0 Å². The van der Waals surface area contributed by atoms with E-state index in [0.29, 0.717) is 0 Å². The summed E-state index contributed by atoms with van der Waals surface area (Å²) in [6.07, 6.45) is 0. The summed E-state index contributed by atoms with van der Waals surface area (Å²) < 4.78 is 7.27. The third-order valence-corrected chi connectivity index (χ3v) is 1.59. The second-order valence-electron chi connectivity index (χ2n) is 2.30. The van der Waals surface area contributed by atoms with Crippen molar-refractivity contribution in [3.8, 4) is 0 Å². The standard InChI is InChI=1S/C6H15N3/c7-1-4-9-5-2-8-3-6-9/h8H,1-7H2/i/hD. The zero-order valence-corrected chi connectivity index (χ0v) is 5.71. The van der Waals surface area contributed by atoms with Crippen LogP contribution < -0.4 is 11.0 Å². The Kier molecular flexibility index (Phi) is 2.40. The molecule has 0 aromatic carbocycles. The molecule has 1 aliphatic rings. The Morgan fingerprint density at radius 3 is 2.78 bits per heavy atom. The average molecular weight is 130 g/mol.